The third-order valence-electron chi connectivity index (χ3n) is 4.73. The van der Waals surface area contributed by atoms with Crippen LogP contribution < -0.4 is 4.74 Å². The molecule has 25 heavy (non-hydrogen) atoms. The Morgan fingerprint density at radius 2 is 1.92 bits per heavy atom. The second-order valence-electron chi connectivity index (χ2n) is 6.61. The van der Waals surface area contributed by atoms with E-state index in [1.165, 1.54) is 0 Å². The monoisotopic (exact) mass is 347 g/mol. The summed E-state index contributed by atoms with van der Waals surface area (Å²) >= 11 is 0. The molecule has 2 aromatic rings. The number of rotatable bonds is 5. The van der Waals surface area contributed by atoms with E-state index in [4.69, 9.17) is 4.74 Å². The number of hydrogen-bond acceptors (Lipinski definition) is 3. The van der Waals surface area contributed by atoms with Gasteiger partial charge in [0.25, 0.3) is 5.92 Å². The molecule has 2 aromatic carbocycles. The summed E-state index contributed by atoms with van der Waals surface area (Å²) in [4.78, 5) is 1.77. The Hall–Kier alpha value is -1.98. The number of methoxy groups -OCH3 is 1. The fraction of sp³-hybridized carbons (Fsp3) is 0.400. The number of likely N-dealkylation sites (tertiary alicyclic amines) is 1. The second-order valence-corrected chi connectivity index (χ2v) is 6.61. The lowest BCUT2D eigenvalue weighted by molar-refractivity contribution is -0.120. The van der Waals surface area contributed by atoms with E-state index >= 15 is 0 Å². The summed E-state index contributed by atoms with van der Waals surface area (Å²) in [6, 6.07) is 16.8. The molecule has 1 N–H and O–H groups in total. The number of alkyl halides is 2. The highest BCUT2D eigenvalue weighted by Gasteiger charge is 2.46. The molecule has 0 amide bonds. The smallest absolute Gasteiger partial charge is 0.261 e. The summed E-state index contributed by atoms with van der Waals surface area (Å²) in [7, 11) is 1.58. The first-order valence-electron chi connectivity index (χ1n) is 8.43. The zero-order chi connectivity index (χ0) is 17.9. The molecule has 1 saturated heterocycles. The summed E-state index contributed by atoms with van der Waals surface area (Å²) < 4.78 is 33.8. The van der Waals surface area contributed by atoms with E-state index in [2.05, 4.69) is 0 Å². The van der Waals surface area contributed by atoms with E-state index in [0.717, 1.165) is 11.1 Å². The highest BCUT2D eigenvalue weighted by Crippen LogP contribution is 2.43. The van der Waals surface area contributed by atoms with Crippen molar-refractivity contribution < 1.29 is 18.6 Å². The summed E-state index contributed by atoms with van der Waals surface area (Å²) in [5.74, 6) is -2.65. The van der Waals surface area contributed by atoms with Crippen molar-refractivity contribution >= 4 is 0 Å². The average molecular weight is 347 g/mol. The Labute approximate surface area is 146 Å². The molecule has 5 heteroatoms. The van der Waals surface area contributed by atoms with E-state index < -0.39 is 11.8 Å². The van der Waals surface area contributed by atoms with Gasteiger partial charge in [-0.05, 0) is 23.3 Å². The van der Waals surface area contributed by atoms with Gasteiger partial charge in [0.15, 0.2) is 0 Å². The Morgan fingerprint density at radius 3 is 2.60 bits per heavy atom. The second kappa shape index (κ2) is 7.50. The van der Waals surface area contributed by atoms with E-state index in [1.54, 1.807) is 12.0 Å². The fourth-order valence-electron chi connectivity index (χ4n) is 3.70. The van der Waals surface area contributed by atoms with Crippen molar-refractivity contribution in [1.29, 1.82) is 0 Å². The maximum Gasteiger partial charge on any atom is 0.261 e. The van der Waals surface area contributed by atoms with Gasteiger partial charge in [-0.1, -0.05) is 42.5 Å². The van der Waals surface area contributed by atoms with Crippen molar-refractivity contribution in [3.05, 3.63) is 65.7 Å². The number of ether oxygens (including phenoxy) is 1. The van der Waals surface area contributed by atoms with Crippen molar-refractivity contribution in [3.63, 3.8) is 0 Å². The molecule has 1 fully saturated rings. The van der Waals surface area contributed by atoms with Crippen molar-refractivity contribution in [1.82, 2.24) is 4.90 Å². The van der Waals surface area contributed by atoms with E-state index in [-0.39, 0.29) is 25.6 Å². The van der Waals surface area contributed by atoms with Crippen LogP contribution in [0.2, 0.25) is 0 Å². The highest BCUT2D eigenvalue weighted by atomic mass is 19.3. The Morgan fingerprint density at radius 1 is 1.16 bits per heavy atom. The van der Waals surface area contributed by atoms with Crippen molar-refractivity contribution in [2.24, 2.45) is 5.92 Å². The zero-order valence-electron chi connectivity index (χ0n) is 14.2. The minimum atomic E-state index is -2.81. The Bertz CT molecular complexity index is 693. The molecule has 0 aromatic heterocycles. The number of aliphatic hydroxyl groups excluding tert-OH is 1. The number of benzene rings is 2. The molecule has 0 radical (unpaired) electrons. The first-order valence-corrected chi connectivity index (χ1v) is 8.43. The number of hydrogen-bond donors (Lipinski definition) is 1. The molecule has 134 valence electrons. The summed E-state index contributed by atoms with van der Waals surface area (Å²) in [6.07, 6.45) is -0.309. The van der Waals surface area contributed by atoms with Crippen molar-refractivity contribution in [3.8, 4) is 5.75 Å². The molecule has 0 aliphatic carbocycles. The zero-order valence-corrected chi connectivity index (χ0v) is 14.2. The summed E-state index contributed by atoms with van der Waals surface area (Å²) in [6.45, 7) is -0.183. The highest BCUT2D eigenvalue weighted by molar-refractivity contribution is 5.32. The largest absolute Gasteiger partial charge is 0.497 e. The van der Waals surface area contributed by atoms with Crippen LogP contribution in [0.1, 0.15) is 23.6 Å². The lowest BCUT2D eigenvalue weighted by Crippen LogP contribution is -2.49. The van der Waals surface area contributed by atoms with Crippen LogP contribution in [0.4, 0.5) is 8.78 Å². The molecule has 2 atom stereocenters. The molecule has 1 heterocycles. The normalized spacial score (nSPS) is 23.4. The van der Waals surface area contributed by atoms with Crippen LogP contribution in [-0.4, -0.2) is 36.2 Å². The first kappa shape index (κ1) is 17.8. The third-order valence-corrected chi connectivity index (χ3v) is 4.73. The predicted molar refractivity (Wildman–Crippen MR) is 92.7 cm³/mol. The van der Waals surface area contributed by atoms with Gasteiger partial charge in [0.2, 0.25) is 0 Å². The number of piperidine rings is 1. The van der Waals surface area contributed by atoms with E-state index in [9.17, 15) is 13.9 Å². The van der Waals surface area contributed by atoms with Crippen LogP contribution in [0.3, 0.4) is 0 Å². The van der Waals surface area contributed by atoms with Crippen LogP contribution in [0, 0.1) is 5.92 Å². The molecule has 0 bridgehead atoms. The molecular weight excluding hydrogens is 324 g/mol. The van der Waals surface area contributed by atoms with Gasteiger partial charge in [-0.2, -0.15) is 0 Å². The molecule has 0 spiro atoms. The van der Waals surface area contributed by atoms with Crippen molar-refractivity contribution in [2.45, 2.75) is 24.9 Å². The maximum absolute atomic E-state index is 14.3. The average Bonchev–Trinajstić information content (AvgIpc) is 2.61. The Balaban J connectivity index is 1.96. The van der Waals surface area contributed by atoms with Gasteiger partial charge in [-0.25, -0.2) is 8.78 Å². The molecule has 3 nitrogen and oxygen atoms in total. The SMILES string of the molecule is COc1cccc([C@H]2[C@H](CO)CC(F)(F)CN2Cc2ccccc2)c1. The van der Waals surface area contributed by atoms with E-state index in [0.29, 0.717) is 12.3 Å². The number of nitrogens with zero attached hydrogens (tertiary/aromatic N) is 1. The van der Waals surface area contributed by atoms with E-state index in [1.807, 2.05) is 54.6 Å². The third kappa shape index (κ3) is 4.17. The molecule has 3 rings (SSSR count). The topological polar surface area (TPSA) is 32.7 Å². The van der Waals surface area contributed by atoms with Crippen LogP contribution >= 0.6 is 0 Å². The Kier molecular flexibility index (Phi) is 5.35. The molecule has 0 saturated carbocycles. The van der Waals surface area contributed by atoms with Gasteiger partial charge in [0.1, 0.15) is 5.75 Å². The van der Waals surface area contributed by atoms with Gasteiger partial charge in [-0.3, -0.25) is 4.90 Å². The van der Waals surface area contributed by atoms with Crippen LogP contribution in [-0.2, 0) is 6.54 Å². The number of halogens is 2. The lowest BCUT2D eigenvalue weighted by atomic mass is 9.83. The molecule has 0 unspecified atom stereocenters. The summed E-state index contributed by atoms with van der Waals surface area (Å²) in [5, 5.41) is 9.77. The van der Waals surface area contributed by atoms with Gasteiger partial charge in [0, 0.05) is 31.5 Å². The van der Waals surface area contributed by atoms with Crippen LogP contribution in [0.5, 0.6) is 5.75 Å². The van der Waals surface area contributed by atoms with Gasteiger partial charge >= 0.3 is 0 Å². The fourth-order valence-corrected chi connectivity index (χ4v) is 3.70. The predicted octanol–water partition coefficient (Wildman–Crippen LogP) is 3.89. The molecule has 1 aliphatic heterocycles. The molecular formula is C20H23F2NO2. The number of aliphatic hydroxyl groups is 1. The quantitative estimate of drug-likeness (QED) is 0.891. The van der Waals surface area contributed by atoms with Crippen LogP contribution in [0.15, 0.2) is 54.6 Å². The molecule has 1 aliphatic rings. The van der Waals surface area contributed by atoms with Crippen molar-refractivity contribution in [2.75, 3.05) is 20.3 Å². The maximum atomic E-state index is 14.3. The standard InChI is InChI=1S/C20H23F2NO2/c1-25-18-9-5-8-16(10-18)19-17(13-24)11-20(21,22)14-23(19)12-15-6-3-2-4-7-15/h2-10,17,19,24H,11-14H2,1H3/t17-,19-/m0/s1. The van der Waals surface area contributed by atoms with Gasteiger partial charge < -0.3 is 9.84 Å². The van der Waals surface area contributed by atoms with Gasteiger partial charge in [0.05, 0.1) is 13.7 Å². The van der Waals surface area contributed by atoms with Crippen LogP contribution in [0.25, 0.3) is 0 Å². The minimum Gasteiger partial charge on any atom is -0.497 e. The van der Waals surface area contributed by atoms with Gasteiger partial charge in [-0.15, -0.1) is 0 Å². The summed E-state index contributed by atoms with van der Waals surface area (Å²) in [5.41, 5.74) is 1.87. The first-order chi connectivity index (χ1) is 12.0. The lowest BCUT2D eigenvalue weighted by Gasteiger charge is -2.44. The minimum absolute atomic E-state index is 0.275.